The summed E-state index contributed by atoms with van der Waals surface area (Å²) in [6.45, 7) is 1.75. The Bertz CT molecular complexity index is 712. The van der Waals surface area contributed by atoms with E-state index in [4.69, 9.17) is 0 Å². The van der Waals surface area contributed by atoms with Crippen molar-refractivity contribution in [3.05, 3.63) is 74.8 Å². The molecule has 0 bridgehead atoms. The summed E-state index contributed by atoms with van der Waals surface area (Å²) in [5.41, 5.74) is 3.76. The van der Waals surface area contributed by atoms with Crippen LogP contribution in [-0.4, -0.2) is 10.7 Å². The van der Waals surface area contributed by atoms with Gasteiger partial charge in [0.15, 0.2) is 5.78 Å². The maximum absolute atomic E-state index is 12.6. The van der Waals surface area contributed by atoms with Crippen LogP contribution in [0.3, 0.4) is 0 Å². The summed E-state index contributed by atoms with van der Waals surface area (Å²) in [5.74, 6) is 0.0288. The third kappa shape index (κ3) is 2.44. The number of ketones is 1. The second-order valence-corrected chi connectivity index (χ2v) is 5.49. The zero-order valence-electron chi connectivity index (χ0n) is 11.7. The molecule has 2 aromatic carbocycles. The number of rotatable bonds is 3. The number of nitro benzene ring substituents is 1. The van der Waals surface area contributed by atoms with E-state index in [1.54, 1.807) is 13.0 Å². The van der Waals surface area contributed by atoms with E-state index in [-0.39, 0.29) is 17.4 Å². The highest BCUT2D eigenvalue weighted by Gasteiger charge is 2.28. The van der Waals surface area contributed by atoms with Gasteiger partial charge in [0.25, 0.3) is 5.69 Å². The van der Waals surface area contributed by atoms with Crippen LogP contribution in [0.2, 0.25) is 0 Å². The van der Waals surface area contributed by atoms with Crippen molar-refractivity contribution in [1.82, 2.24) is 0 Å². The van der Waals surface area contributed by atoms with E-state index >= 15 is 0 Å². The van der Waals surface area contributed by atoms with Crippen LogP contribution >= 0.6 is 0 Å². The predicted molar refractivity (Wildman–Crippen MR) is 79.5 cm³/mol. The third-order valence-corrected chi connectivity index (χ3v) is 4.11. The lowest BCUT2D eigenvalue weighted by Crippen LogP contribution is -2.16. The van der Waals surface area contributed by atoms with Crippen LogP contribution in [0.1, 0.15) is 27.0 Å². The van der Waals surface area contributed by atoms with Crippen molar-refractivity contribution in [2.45, 2.75) is 19.8 Å². The highest BCUT2D eigenvalue weighted by Crippen LogP contribution is 2.30. The van der Waals surface area contributed by atoms with Crippen LogP contribution < -0.4 is 0 Å². The quantitative estimate of drug-likeness (QED) is 0.491. The first kappa shape index (κ1) is 13.5. The standard InChI is InChI=1S/C17H15NO3/c1-11-8-15(18(20)21)6-7-16(11)17(19)14-9-12-4-2-3-5-13(12)10-14/h2-8,14H,9-10H2,1H3. The highest BCUT2D eigenvalue weighted by molar-refractivity contribution is 6.00. The van der Waals surface area contributed by atoms with E-state index in [2.05, 4.69) is 12.1 Å². The Kier molecular flexibility index (Phi) is 3.29. The molecule has 0 unspecified atom stereocenters. The molecule has 2 aromatic rings. The van der Waals surface area contributed by atoms with E-state index in [1.807, 2.05) is 12.1 Å². The van der Waals surface area contributed by atoms with Crippen LogP contribution in [0.4, 0.5) is 5.69 Å². The number of hydrogen-bond donors (Lipinski definition) is 0. The van der Waals surface area contributed by atoms with E-state index in [0.29, 0.717) is 11.1 Å². The molecule has 0 saturated heterocycles. The van der Waals surface area contributed by atoms with Crippen molar-refractivity contribution in [3.8, 4) is 0 Å². The molecule has 1 aliphatic carbocycles. The predicted octanol–water partition coefficient (Wildman–Crippen LogP) is 3.50. The number of benzene rings is 2. The summed E-state index contributed by atoms with van der Waals surface area (Å²) < 4.78 is 0. The van der Waals surface area contributed by atoms with Crippen molar-refractivity contribution in [3.63, 3.8) is 0 Å². The minimum Gasteiger partial charge on any atom is -0.294 e. The Labute approximate surface area is 122 Å². The zero-order valence-corrected chi connectivity index (χ0v) is 11.7. The van der Waals surface area contributed by atoms with E-state index in [9.17, 15) is 14.9 Å². The van der Waals surface area contributed by atoms with Gasteiger partial charge in [-0.25, -0.2) is 0 Å². The molecule has 3 rings (SSSR count). The first-order valence-corrected chi connectivity index (χ1v) is 6.92. The Morgan fingerprint density at radius 1 is 1.14 bits per heavy atom. The molecule has 0 atom stereocenters. The molecule has 21 heavy (non-hydrogen) atoms. The monoisotopic (exact) mass is 281 g/mol. The number of carbonyl (C=O) groups is 1. The smallest absolute Gasteiger partial charge is 0.269 e. The summed E-state index contributed by atoms with van der Waals surface area (Å²) in [6.07, 6.45) is 1.51. The molecule has 0 radical (unpaired) electrons. The Balaban J connectivity index is 1.86. The van der Waals surface area contributed by atoms with Gasteiger partial charge in [-0.2, -0.15) is 0 Å². The van der Waals surface area contributed by atoms with E-state index in [1.165, 1.54) is 23.3 Å². The van der Waals surface area contributed by atoms with Crippen LogP contribution in [0.25, 0.3) is 0 Å². The Morgan fingerprint density at radius 2 is 1.76 bits per heavy atom. The van der Waals surface area contributed by atoms with Gasteiger partial charge in [0.05, 0.1) is 4.92 Å². The largest absolute Gasteiger partial charge is 0.294 e. The first-order valence-electron chi connectivity index (χ1n) is 6.92. The molecule has 0 fully saturated rings. The summed E-state index contributed by atoms with van der Waals surface area (Å²) in [6, 6.07) is 12.6. The molecule has 106 valence electrons. The fraction of sp³-hybridized carbons (Fsp3) is 0.235. The maximum Gasteiger partial charge on any atom is 0.269 e. The number of non-ortho nitro benzene ring substituents is 1. The van der Waals surface area contributed by atoms with E-state index < -0.39 is 4.92 Å². The Morgan fingerprint density at radius 3 is 2.29 bits per heavy atom. The average molecular weight is 281 g/mol. The molecule has 0 aliphatic heterocycles. The van der Waals surface area contributed by atoms with Crippen molar-refractivity contribution in [1.29, 1.82) is 0 Å². The van der Waals surface area contributed by atoms with Crippen LogP contribution in [-0.2, 0) is 12.8 Å². The molecule has 0 aromatic heterocycles. The van der Waals surface area contributed by atoms with E-state index in [0.717, 1.165) is 12.8 Å². The van der Waals surface area contributed by atoms with Gasteiger partial charge < -0.3 is 0 Å². The number of nitrogens with zero attached hydrogens (tertiary/aromatic N) is 1. The number of nitro groups is 1. The molecule has 4 heteroatoms. The van der Waals surface area contributed by atoms with Gasteiger partial charge in [0.2, 0.25) is 0 Å². The van der Waals surface area contributed by atoms with Gasteiger partial charge in [-0.05, 0) is 42.5 Å². The van der Waals surface area contributed by atoms with Gasteiger partial charge in [-0.15, -0.1) is 0 Å². The first-order chi connectivity index (χ1) is 10.1. The second kappa shape index (κ2) is 5.13. The molecule has 0 heterocycles. The SMILES string of the molecule is Cc1cc([N+](=O)[O-])ccc1C(=O)C1Cc2ccccc2C1. The second-order valence-electron chi connectivity index (χ2n) is 5.49. The number of aryl methyl sites for hydroxylation is 1. The summed E-state index contributed by atoms with van der Waals surface area (Å²) in [5, 5.41) is 10.8. The molecule has 0 spiro atoms. The average Bonchev–Trinajstić information content (AvgIpc) is 2.90. The van der Waals surface area contributed by atoms with Gasteiger partial charge in [0.1, 0.15) is 0 Å². The third-order valence-electron chi connectivity index (χ3n) is 4.11. The molecule has 1 aliphatic rings. The lowest BCUT2D eigenvalue weighted by Gasteiger charge is -2.10. The van der Waals surface area contributed by atoms with Gasteiger partial charge in [-0.3, -0.25) is 14.9 Å². The van der Waals surface area contributed by atoms with Crippen LogP contribution in [0, 0.1) is 23.0 Å². The van der Waals surface area contributed by atoms with Crippen molar-refractivity contribution in [2.24, 2.45) is 5.92 Å². The van der Waals surface area contributed by atoms with Crippen LogP contribution in [0.15, 0.2) is 42.5 Å². The summed E-state index contributed by atoms with van der Waals surface area (Å²) in [4.78, 5) is 23.0. The lowest BCUT2D eigenvalue weighted by atomic mass is 9.92. The molecule has 0 N–H and O–H groups in total. The summed E-state index contributed by atoms with van der Waals surface area (Å²) >= 11 is 0. The topological polar surface area (TPSA) is 60.2 Å². The molecule has 0 saturated carbocycles. The van der Waals surface area contributed by atoms with Crippen molar-refractivity contribution in [2.75, 3.05) is 0 Å². The van der Waals surface area contributed by atoms with Crippen molar-refractivity contribution >= 4 is 11.5 Å². The fourth-order valence-corrected chi connectivity index (χ4v) is 3.00. The van der Waals surface area contributed by atoms with Crippen LogP contribution in [0.5, 0.6) is 0 Å². The number of Topliss-reactive ketones (excluding diaryl/α,β-unsaturated/α-hetero) is 1. The zero-order chi connectivity index (χ0) is 15.0. The van der Waals surface area contributed by atoms with Gasteiger partial charge in [-0.1, -0.05) is 24.3 Å². The molecular formula is C17H15NO3. The molecule has 0 amide bonds. The minimum atomic E-state index is -0.438. The Hall–Kier alpha value is -2.49. The number of fused-ring (bicyclic) bond motifs is 1. The molecular weight excluding hydrogens is 266 g/mol. The maximum atomic E-state index is 12.6. The highest BCUT2D eigenvalue weighted by atomic mass is 16.6. The normalized spacial score (nSPS) is 14.0. The number of hydrogen-bond acceptors (Lipinski definition) is 3. The lowest BCUT2D eigenvalue weighted by molar-refractivity contribution is -0.384. The fourth-order valence-electron chi connectivity index (χ4n) is 3.00. The van der Waals surface area contributed by atoms with Crippen molar-refractivity contribution < 1.29 is 9.72 Å². The minimum absolute atomic E-state index is 0.0266. The number of carbonyl (C=O) groups excluding carboxylic acids is 1. The summed E-state index contributed by atoms with van der Waals surface area (Å²) in [7, 11) is 0. The van der Waals surface area contributed by atoms with Gasteiger partial charge in [0, 0.05) is 23.6 Å². The van der Waals surface area contributed by atoms with Gasteiger partial charge >= 0.3 is 0 Å². The molecule has 4 nitrogen and oxygen atoms in total.